The summed E-state index contributed by atoms with van der Waals surface area (Å²) in [4.78, 5) is 4.31. The third-order valence-corrected chi connectivity index (χ3v) is 2.95. The van der Waals surface area contributed by atoms with Gasteiger partial charge < -0.3 is 9.88 Å². The average molecular weight is 272 g/mol. The van der Waals surface area contributed by atoms with E-state index in [1.807, 2.05) is 16.8 Å². The first-order chi connectivity index (χ1) is 9.71. The number of benzene rings is 1. The monoisotopic (exact) mass is 272 g/mol. The molecule has 0 amide bonds. The molecule has 0 bridgehead atoms. The van der Waals surface area contributed by atoms with Crippen molar-refractivity contribution in [1.29, 1.82) is 5.26 Å². The lowest BCUT2D eigenvalue weighted by molar-refractivity contribution is 0.623. The molecule has 0 aliphatic carbocycles. The second kappa shape index (κ2) is 6.83. The van der Waals surface area contributed by atoms with Crippen molar-refractivity contribution in [2.45, 2.75) is 19.9 Å². The number of halogens is 1. The van der Waals surface area contributed by atoms with Gasteiger partial charge in [-0.05, 0) is 30.3 Å². The lowest BCUT2D eigenvalue weighted by atomic mass is 10.1. The molecule has 0 radical (unpaired) electrons. The first-order valence-corrected chi connectivity index (χ1v) is 6.62. The standard InChI is InChI=1S/C15H17FN4/c1-2-18-4-3-15-10-20(11-19-15)9-13-5-12(8-17)6-14(16)7-13/h5-7,10-11,18H,2-4,9H2,1H3. The summed E-state index contributed by atoms with van der Waals surface area (Å²) in [5.41, 5.74) is 2.10. The number of imidazole rings is 1. The van der Waals surface area contributed by atoms with Gasteiger partial charge in [-0.3, -0.25) is 0 Å². The molecule has 2 aromatic rings. The first kappa shape index (κ1) is 14.2. The third kappa shape index (κ3) is 3.90. The van der Waals surface area contributed by atoms with Crippen LogP contribution in [0.3, 0.4) is 0 Å². The molecule has 0 atom stereocenters. The van der Waals surface area contributed by atoms with Crippen LogP contribution in [-0.2, 0) is 13.0 Å². The highest BCUT2D eigenvalue weighted by Gasteiger charge is 2.03. The molecule has 1 aromatic carbocycles. The van der Waals surface area contributed by atoms with Crippen LogP contribution < -0.4 is 5.32 Å². The second-order valence-electron chi connectivity index (χ2n) is 4.60. The van der Waals surface area contributed by atoms with E-state index in [0.717, 1.165) is 30.8 Å². The SMILES string of the molecule is CCNCCc1cn(Cc2cc(F)cc(C#N)c2)cn1. The number of nitrogens with one attached hydrogen (secondary N) is 1. The van der Waals surface area contributed by atoms with Gasteiger partial charge in [0.25, 0.3) is 0 Å². The lowest BCUT2D eigenvalue weighted by Gasteiger charge is -2.03. The molecule has 0 fully saturated rings. The Balaban J connectivity index is 2.03. The Morgan fingerprint density at radius 1 is 1.40 bits per heavy atom. The molecule has 0 aliphatic rings. The molecule has 5 heteroatoms. The van der Waals surface area contributed by atoms with Gasteiger partial charge in [-0.1, -0.05) is 6.92 Å². The molecule has 1 aromatic heterocycles. The topological polar surface area (TPSA) is 53.6 Å². The summed E-state index contributed by atoms with van der Waals surface area (Å²) in [6.45, 7) is 4.42. The van der Waals surface area contributed by atoms with Crippen LogP contribution in [0, 0.1) is 17.1 Å². The Kier molecular flexibility index (Phi) is 4.85. The maximum absolute atomic E-state index is 13.3. The summed E-state index contributed by atoms with van der Waals surface area (Å²) in [5.74, 6) is -0.383. The maximum atomic E-state index is 13.3. The smallest absolute Gasteiger partial charge is 0.124 e. The minimum atomic E-state index is -0.383. The zero-order chi connectivity index (χ0) is 14.4. The van der Waals surface area contributed by atoms with Crippen molar-refractivity contribution in [3.05, 3.63) is 53.4 Å². The van der Waals surface area contributed by atoms with Gasteiger partial charge >= 0.3 is 0 Å². The van der Waals surface area contributed by atoms with Crippen LogP contribution in [0.25, 0.3) is 0 Å². The van der Waals surface area contributed by atoms with Gasteiger partial charge in [-0.15, -0.1) is 0 Å². The molecule has 0 aliphatic heterocycles. The average Bonchev–Trinajstić information content (AvgIpc) is 2.86. The number of nitrogens with zero attached hydrogens (tertiary/aromatic N) is 3. The summed E-state index contributed by atoms with van der Waals surface area (Å²) in [7, 11) is 0. The highest BCUT2D eigenvalue weighted by Crippen LogP contribution is 2.10. The molecule has 1 N–H and O–H groups in total. The Hall–Kier alpha value is -2.19. The largest absolute Gasteiger partial charge is 0.333 e. The Bertz CT molecular complexity index is 613. The molecule has 104 valence electrons. The van der Waals surface area contributed by atoms with E-state index in [0.29, 0.717) is 12.1 Å². The molecular weight excluding hydrogens is 255 g/mol. The predicted molar refractivity (Wildman–Crippen MR) is 74.7 cm³/mol. The van der Waals surface area contributed by atoms with Crippen LogP contribution in [0.4, 0.5) is 4.39 Å². The maximum Gasteiger partial charge on any atom is 0.124 e. The minimum Gasteiger partial charge on any atom is -0.333 e. The van der Waals surface area contributed by atoms with Crippen LogP contribution in [0.2, 0.25) is 0 Å². The molecule has 0 unspecified atom stereocenters. The molecule has 0 spiro atoms. The summed E-state index contributed by atoms with van der Waals surface area (Å²) in [5, 5.41) is 12.1. The van der Waals surface area contributed by atoms with Gasteiger partial charge in [-0.2, -0.15) is 5.26 Å². The molecule has 20 heavy (non-hydrogen) atoms. The summed E-state index contributed by atoms with van der Waals surface area (Å²) in [6, 6.07) is 6.34. The normalized spacial score (nSPS) is 10.4. The minimum absolute atomic E-state index is 0.340. The van der Waals surface area contributed by atoms with Crippen molar-refractivity contribution >= 4 is 0 Å². The highest BCUT2D eigenvalue weighted by atomic mass is 19.1. The van der Waals surface area contributed by atoms with Crippen molar-refractivity contribution in [2.75, 3.05) is 13.1 Å². The summed E-state index contributed by atoms with van der Waals surface area (Å²) < 4.78 is 15.2. The zero-order valence-corrected chi connectivity index (χ0v) is 11.4. The number of likely N-dealkylation sites (N-methyl/N-ethyl adjacent to an activating group) is 1. The van der Waals surface area contributed by atoms with Crippen LogP contribution in [0.15, 0.2) is 30.7 Å². The van der Waals surface area contributed by atoms with Gasteiger partial charge in [0.2, 0.25) is 0 Å². The van der Waals surface area contributed by atoms with E-state index in [9.17, 15) is 4.39 Å². The van der Waals surface area contributed by atoms with Crippen LogP contribution in [-0.4, -0.2) is 22.6 Å². The van der Waals surface area contributed by atoms with E-state index >= 15 is 0 Å². The summed E-state index contributed by atoms with van der Waals surface area (Å²) in [6.07, 6.45) is 4.56. The summed E-state index contributed by atoms with van der Waals surface area (Å²) >= 11 is 0. The molecular formula is C15H17FN4. The molecule has 1 heterocycles. The van der Waals surface area contributed by atoms with Crippen LogP contribution in [0.1, 0.15) is 23.7 Å². The fourth-order valence-corrected chi connectivity index (χ4v) is 2.03. The number of rotatable bonds is 6. The fraction of sp³-hybridized carbons (Fsp3) is 0.333. The van der Waals surface area contributed by atoms with Crippen molar-refractivity contribution in [2.24, 2.45) is 0 Å². The van der Waals surface area contributed by atoms with Gasteiger partial charge in [0.1, 0.15) is 5.82 Å². The van der Waals surface area contributed by atoms with E-state index in [4.69, 9.17) is 5.26 Å². The van der Waals surface area contributed by atoms with Crippen LogP contribution in [0.5, 0.6) is 0 Å². The van der Waals surface area contributed by atoms with Crippen molar-refractivity contribution in [3.8, 4) is 6.07 Å². The van der Waals surface area contributed by atoms with Crippen LogP contribution >= 0.6 is 0 Å². The number of aromatic nitrogens is 2. The molecule has 4 nitrogen and oxygen atoms in total. The lowest BCUT2D eigenvalue weighted by Crippen LogP contribution is -2.16. The van der Waals surface area contributed by atoms with Crippen molar-refractivity contribution in [1.82, 2.24) is 14.9 Å². The Morgan fingerprint density at radius 3 is 3.00 bits per heavy atom. The highest BCUT2D eigenvalue weighted by molar-refractivity contribution is 5.33. The van der Waals surface area contributed by atoms with E-state index < -0.39 is 0 Å². The van der Waals surface area contributed by atoms with Crippen molar-refractivity contribution in [3.63, 3.8) is 0 Å². The number of hydrogen-bond acceptors (Lipinski definition) is 3. The number of hydrogen-bond donors (Lipinski definition) is 1. The van der Waals surface area contributed by atoms with Gasteiger partial charge in [0.05, 0.1) is 23.7 Å². The molecule has 0 saturated carbocycles. The van der Waals surface area contributed by atoms with Gasteiger partial charge in [0.15, 0.2) is 0 Å². The van der Waals surface area contributed by atoms with Gasteiger partial charge in [-0.25, -0.2) is 9.37 Å². The van der Waals surface area contributed by atoms with E-state index in [1.165, 1.54) is 12.1 Å². The molecule has 0 saturated heterocycles. The van der Waals surface area contributed by atoms with E-state index in [1.54, 1.807) is 12.4 Å². The van der Waals surface area contributed by atoms with Crippen molar-refractivity contribution < 1.29 is 4.39 Å². The van der Waals surface area contributed by atoms with E-state index in [2.05, 4.69) is 17.2 Å². The number of nitriles is 1. The zero-order valence-electron chi connectivity index (χ0n) is 11.4. The Labute approximate surface area is 117 Å². The quantitative estimate of drug-likeness (QED) is 0.819. The van der Waals surface area contributed by atoms with Gasteiger partial charge in [0, 0.05) is 25.7 Å². The van der Waals surface area contributed by atoms with E-state index in [-0.39, 0.29) is 5.82 Å². The third-order valence-electron chi connectivity index (χ3n) is 2.95. The predicted octanol–water partition coefficient (Wildman–Crippen LogP) is 2.09. The fourth-order valence-electron chi connectivity index (χ4n) is 2.03. The first-order valence-electron chi connectivity index (χ1n) is 6.62. The molecule has 2 rings (SSSR count). The second-order valence-corrected chi connectivity index (χ2v) is 4.60. The Morgan fingerprint density at radius 2 is 2.25 bits per heavy atom.